The number of hydrogen-bond donors (Lipinski definition) is 1. The molecule has 0 radical (unpaired) electrons. The van der Waals surface area contributed by atoms with Gasteiger partial charge in [0, 0.05) is 0 Å². The zero-order chi connectivity index (χ0) is 6.69. The number of aliphatic hydroxyl groups excluding tert-OH is 1. The maximum Gasteiger partial charge on any atom is 0.195 e. The van der Waals surface area contributed by atoms with E-state index < -0.39 is 0 Å². The highest BCUT2D eigenvalue weighted by atomic mass is 79.9. The summed E-state index contributed by atoms with van der Waals surface area (Å²) in [5.41, 5.74) is 0. The van der Waals surface area contributed by atoms with Crippen LogP contribution in [0.2, 0.25) is 0 Å². The van der Waals surface area contributed by atoms with Gasteiger partial charge in [-0.15, -0.1) is 0 Å². The summed E-state index contributed by atoms with van der Waals surface area (Å²) in [5.74, 6) is 0. The molecule has 0 bridgehead atoms. The first-order chi connectivity index (χ1) is 4.34. The van der Waals surface area contributed by atoms with Gasteiger partial charge in [0.1, 0.15) is 6.33 Å². The van der Waals surface area contributed by atoms with Crippen LogP contribution in [-0.2, 0) is 6.54 Å². The van der Waals surface area contributed by atoms with Crippen LogP contribution in [-0.4, -0.2) is 26.5 Å². The third-order valence-corrected chi connectivity index (χ3v) is 1.49. The van der Waals surface area contributed by atoms with E-state index in [2.05, 4.69) is 26.0 Å². The Kier molecular flexibility index (Phi) is 2.18. The molecule has 1 aromatic rings. The number of hydrogen-bond acceptors (Lipinski definition) is 3. The molecule has 0 amide bonds. The van der Waals surface area contributed by atoms with Crippen molar-refractivity contribution < 1.29 is 5.11 Å². The molecule has 0 aliphatic rings. The predicted molar refractivity (Wildman–Crippen MR) is 34.8 cm³/mol. The fourth-order valence-electron chi connectivity index (χ4n) is 0.495. The van der Waals surface area contributed by atoms with E-state index in [4.69, 9.17) is 5.11 Å². The van der Waals surface area contributed by atoms with Crippen LogP contribution in [0.5, 0.6) is 0 Å². The van der Waals surface area contributed by atoms with E-state index in [0.29, 0.717) is 11.3 Å². The number of rotatable bonds is 2. The summed E-state index contributed by atoms with van der Waals surface area (Å²) >= 11 is 3.15. The lowest BCUT2D eigenvalue weighted by Gasteiger charge is -1.94. The molecule has 0 unspecified atom stereocenters. The Hall–Kier alpha value is -0.420. The van der Waals surface area contributed by atoms with Gasteiger partial charge in [-0.3, -0.25) is 0 Å². The maximum atomic E-state index is 8.45. The second-order valence-electron chi connectivity index (χ2n) is 1.48. The van der Waals surface area contributed by atoms with E-state index in [1.54, 1.807) is 4.68 Å². The number of nitrogens with zero attached hydrogens (tertiary/aromatic N) is 3. The molecule has 0 aliphatic carbocycles. The summed E-state index contributed by atoms with van der Waals surface area (Å²) in [4.78, 5) is 3.79. The van der Waals surface area contributed by atoms with Gasteiger partial charge in [0.25, 0.3) is 0 Å². The molecule has 1 aromatic heterocycles. The zero-order valence-electron chi connectivity index (χ0n) is 4.66. The van der Waals surface area contributed by atoms with Crippen LogP contribution in [0.25, 0.3) is 0 Å². The topological polar surface area (TPSA) is 50.9 Å². The molecule has 1 rings (SSSR count). The number of halogens is 1. The van der Waals surface area contributed by atoms with Gasteiger partial charge in [0.15, 0.2) is 4.73 Å². The van der Waals surface area contributed by atoms with Gasteiger partial charge in [-0.2, -0.15) is 5.10 Å². The van der Waals surface area contributed by atoms with E-state index in [1.165, 1.54) is 6.33 Å². The second kappa shape index (κ2) is 2.93. The predicted octanol–water partition coefficient (Wildman–Crippen LogP) is 0.0329. The van der Waals surface area contributed by atoms with Crippen molar-refractivity contribution >= 4 is 15.9 Å². The minimum Gasteiger partial charge on any atom is -0.394 e. The first-order valence-electron chi connectivity index (χ1n) is 2.49. The van der Waals surface area contributed by atoms with Crippen molar-refractivity contribution in [3.63, 3.8) is 0 Å². The molecular formula is C4H6BrN3O. The molecule has 0 atom stereocenters. The highest BCUT2D eigenvalue weighted by Crippen LogP contribution is 2.01. The molecule has 0 aromatic carbocycles. The summed E-state index contributed by atoms with van der Waals surface area (Å²) < 4.78 is 2.22. The van der Waals surface area contributed by atoms with Gasteiger partial charge in [0.2, 0.25) is 0 Å². The molecule has 0 saturated heterocycles. The van der Waals surface area contributed by atoms with E-state index in [1.807, 2.05) is 0 Å². The Bertz CT molecular complexity index is 188. The second-order valence-corrected chi connectivity index (χ2v) is 2.19. The van der Waals surface area contributed by atoms with Gasteiger partial charge < -0.3 is 5.11 Å². The Labute approximate surface area is 60.6 Å². The van der Waals surface area contributed by atoms with E-state index >= 15 is 0 Å². The van der Waals surface area contributed by atoms with Gasteiger partial charge in [-0.1, -0.05) is 0 Å². The van der Waals surface area contributed by atoms with Crippen LogP contribution in [0, 0.1) is 0 Å². The third-order valence-electron chi connectivity index (χ3n) is 0.880. The maximum absolute atomic E-state index is 8.45. The van der Waals surface area contributed by atoms with Gasteiger partial charge >= 0.3 is 0 Å². The standard InChI is InChI=1S/C4H6BrN3O/c5-4-6-3-7-8(4)1-2-9/h3,9H,1-2H2. The first-order valence-corrected chi connectivity index (χ1v) is 3.28. The van der Waals surface area contributed by atoms with Crippen molar-refractivity contribution in [2.75, 3.05) is 6.61 Å². The number of aliphatic hydroxyl groups is 1. The largest absolute Gasteiger partial charge is 0.394 e. The minimum atomic E-state index is 0.0853. The van der Waals surface area contributed by atoms with Crippen molar-refractivity contribution in [1.29, 1.82) is 0 Å². The smallest absolute Gasteiger partial charge is 0.195 e. The fraction of sp³-hybridized carbons (Fsp3) is 0.500. The highest BCUT2D eigenvalue weighted by Gasteiger charge is 1.95. The monoisotopic (exact) mass is 191 g/mol. The van der Waals surface area contributed by atoms with E-state index in [0.717, 1.165) is 0 Å². The SMILES string of the molecule is OCCn1ncnc1Br. The molecule has 0 fully saturated rings. The van der Waals surface area contributed by atoms with Crippen LogP contribution in [0.4, 0.5) is 0 Å². The van der Waals surface area contributed by atoms with Crippen molar-refractivity contribution in [2.45, 2.75) is 6.54 Å². The lowest BCUT2D eigenvalue weighted by molar-refractivity contribution is 0.268. The molecule has 1 heterocycles. The Morgan fingerprint density at radius 1 is 1.78 bits per heavy atom. The van der Waals surface area contributed by atoms with Gasteiger partial charge in [-0.25, -0.2) is 9.67 Å². The fourth-order valence-corrected chi connectivity index (χ4v) is 0.855. The summed E-state index contributed by atoms with van der Waals surface area (Å²) in [7, 11) is 0. The normalized spacial score (nSPS) is 10.0. The summed E-state index contributed by atoms with van der Waals surface area (Å²) in [5, 5.41) is 12.3. The van der Waals surface area contributed by atoms with Crippen LogP contribution in [0.15, 0.2) is 11.1 Å². The summed E-state index contributed by atoms with van der Waals surface area (Å²) in [6, 6.07) is 0. The van der Waals surface area contributed by atoms with Crippen molar-refractivity contribution in [3.05, 3.63) is 11.1 Å². The molecule has 0 saturated carbocycles. The van der Waals surface area contributed by atoms with Crippen molar-refractivity contribution in [1.82, 2.24) is 14.8 Å². The molecule has 0 aliphatic heterocycles. The molecule has 5 heteroatoms. The third kappa shape index (κ3) is 1.49. The minimum absolute atomic E-state index is 0.0853. The summed E-state index contributed by atoms with van der Waals surface area (Å²) in [6.45, 7) is 0.572. The molecule has 0 spiro atoms. The van der Waals surface area contributed by atoms with Crippen LogP contribution in [0.3, 0.4) is 0 Å². The van der Waals surface area contributed by atoms with Crippen LogP contribution >= 0.6 is 15.9 Å². The van der Waals surface area contributed by atoms with Crippen molar-refractivity contribution in [3.8, 4) is 0 Å². The van der Waals surface area contributed by atoms with Crippen molar-refractivity contribution in [2.24, 2.45) is 0 Å². The lowest BCUT2D eigenvalue weighted by Crippen LogP contribution is -2.03. The van der Waals surface area contributed by atoms with Gasteiger partial charge in [0.05, 0.1) is 13.2 Å². The molecule has 1 N–H and O–H groups in total. The molecule has 50 valence electrons. The molecular weight excluding hydrogens is 186 g/mol. The molecule has 4 nitrogen and oxygen atoms in total. The zero-order valence-corrected chi connectivity index (χ0v) is 6.24. The summed E-state index contributed by atoms with van der Waals surface area (Å²) in [6.07, 6.45) is 1.43. The average molecular weight is 192 g/mol. The number of aromatic nitrogens is 3. The Morgan fingerprint density at radius 3 is 3.00 bits per heavy atom. The lowest BCUT2D eigenvalue weighted by atomic mass is 10.7. The Balaban J connectivity index is 2.69. The molecule has 9 heavy (non-hydrogen) atoms. The quantitative estimate of drug-likeness (QED) is 0.719. The highest BCUT2D eigenvalue weighted by molar-refractivity contribution is 9.10. The van der Waals surface area contributed by atoms with E-state index in [9.17, 15) is 0 Å². The van der Waals surface area contributed by atoms with E-state index in [-0.39, 0.29) is 6.61 Å². The first kappa shape index (κ1) is 6.70. The Morgan fingerprint density at radius 2 is 2.56 bits per heavy atom. The average Bonchev–Trinajstić information content (AvgIpc) is 2.18. The van der Waals surface area contributed by atoms with Gasteiger partial charge in [-0.05, 0) is 15.9 Å². The van der Waals surface area contributed by atoms with Crippen LogP contribution in [0.1, 0.15) is 0 Å². The van der Waals surface area contributed by atoms with Crippen LogP contribution < -0.4 is 0 Å².